The van der Waals surface area contributed by atoms with Gasteiger partial charge in [-0.05, 0) is 118 Å². The molecule has 1 heterocycles. The normalized spacial score (nSPS) is 15.5. The third-order valence-corrected chi connectivity index (χ3v) is 11.1. The van der Waals surface area contributed by atoms with E-state index >= 15 is 0 Å². The molecule has 0 aliphatic heterocycles. The second-order valence-electron chi connectivity index (χ2n) is 14.2. The smallest absolute Gasteiger partial charge is 0.136 e. The molecule has 1 heteroatoms. The molecule has 0 spiro atoms. The van der Waals surface area contributed by atoms with Crippen molar-refractivity contribution < 1.29 is 15.4 Å². The number of rotatable bonds is 3. The quantitative estimate of drug-likeness (QED) is 0.171. The van der Waals surface area contributed by atoms with Gasteiger partial charge in [0, 0.05) is 16.2 Å². The van der Waals surface area contributed by atoms with Gasteiger partial charge in [-0.3, -0.25) is 0 Å². The van der Waals surface area contributed by atoms with Crippen molar-refractivity contribution in [3.8, 4) is 44.5 Å². The Hall–Kier alpha value is -6.44. The first-order chi connectivity index (χ1) is 28.9. The summed E-state index contributed by atoms with van der Waals surface area (Å²) in [6, 6.07) is 37.1. The molecule has 0 bridgehead atoms. The first kappa shape index (κ1) is 22.4. The van der Waals surface area contributed by atoms with Crippen LogP contribution in [0.2, 0.25) is 0 Å². The maximum absolute atomic E-state index is 9.55. The van der Waals surface area contributed by atoms with Crippen LogP contribution in [-0.4, -0.2) is 0 Å². The Morgan fingerprint density at radius 2 is 1.04 bits per heavy atom. The molecule has 1 nitrogen and oxygen atoms in total. The van der Waals surface area contributed by atoms with Gasteiger partial charge in [0.25, 0.3) is 0 Å². The van der Waals surface area contributed by atoms with Gasteiger partial charge in [-0.15, -0.1) is 0 Å². The van der Waals surface area contributed by atoms with Crippen molar-refractivity contribution in [1.82, 2.24) is 0 Å². The van der Waals surface area contributed by atoms with Gasteiger partial charge in [0.1, 0.15) is 11.2 Å². The summed E-state index contributed by atoms with van der Waals surface area (Å²) >= 11 is 0. The molecular formula is C51H34O. The lowest BCUT2D eigenvalue weighted by Crippen LogP contribution is -2.14. The fraction of sp³-hybridized carbons (Fsp3) is 0.0588. The van der Waals surface area contributed by atoms with Crippen LogP contribution >= 0.6 is 0 Å². The van der Waals surface area contributed by atoms with Crippen LogP contribution in [0.25, 0.3) is 98.8 Å². The highest BCUT2D eigenvalue weighted by atomic mass is 16.3. The van der Waals surface area contributed by atoms with Crippen LogP contribution in [0, 0.1) is 0 Å². The lowest BCUT2D eigenvalue weighted by Gasteiger charge is -2.22. The molecule has 0 saturated carbocycles. The van der Waals surface area contributed by atoms with Crippen molar-refractivity contribution in [1.29, 1.82) is 0 Å². The number of furan rings is 1. The van der Waals surface area contributed by atoms with Crippen molar-refractivity contribution >= 4 is 54.3 Å². The molecule has 0 amide bonds. The second-order valence-corrected chi connectivity index (χ2v) is 14.2. The van der Waals surface area contributed by atoms with E-state index in [-0.39, 0.29) is 51.1 Å². The molecule has 52 heavy (non-hydrogen) atoms. The Morgan fingerprint density at radius 1 is 0.442 bits per heavy atom. The Bertz CT molecular complexity index is 3480. The molecule has 244 valence electrons. The van der Waals surface area contributed by atoms with E-state index in [2.05, 4.69) is 56.3 Å². The lowest BCUT2D eigenvalue weighted by molar-refractivity contribution is 0.660. The Morgan fingerprint density at radius 3 is 1.81 bits per heavy atom. The summed E-state index contributed by atoms with van der Waals surface area (Å²) in [6.45, 7) is 4.46. The van der Waals surface area contributed by atoms with Crippen LogP contribution in [0.1, 0.15) is 35.9 Å². The van der Waals surface area contributed by atoms with Gasteiger partial charge in [-0.25, -0.2) is 0 Å². The zero-order chi connectivity index (χ0) is 41.5. The monoisotopic (exact) mass is 670 g/mol. The minimum Gasteiger partial charge on any atom is -0.456 e. The van der Waals surface area contributed by atoms with Gasteiger partial charge in [0.15, 0.2) is 0 Å². The van der Waals surface area contributed by atoms with E-state index in [1.54, 1.807) is 0 Å². The fourth-order valence-electron chi connectivity index (χ4n) is 8.64. The third-order valence-electron chi connectivity index (χ3n) is 11.1. The van der Waals surface area contributed by atoms with Crippen LogP contribution in [0.4, 0.5) is 0 Å². The van der Waals surface area contributed by atoms with Crippen LogP contribution in [0.3, 0.4) is 0 Å². The predicted molar refractivity (Wildman–Crippen MR) is 220 cm³/mol. The summed E-state index contributed by atoms with van der Waals surface area (Å²) < 4.78 is 80.4. The van der Waals surface area contributed by atoms with Gasteiger partial charge < -0.3 is 4.42 Å². The molecule has 0 fully saturated rings. The van der Waals surface area contributed by atoms with Gasteiger partial charge in [-0.2, -0.15) is 0 Å². The van der Waals surface area contributed by atoms with Gasteiger partial charge in [0.2, 0.25) is 0 Å². The zero-order valence-electron chi connectivity index (χ0n) is 36.5. The highest BCUT2D eigenvalue weighted by Gasteiger charge is 2.35. The molecule has 10 aromatic rings. The molecule has 0 unspecified atom stereocenters. The van der Waals surface area contributed by atoms with E-state index in [1.165, 1.54) is 22.3 Å². The third kappa shape index (κ3) is 4.11. The molecule has 9 aromatic carbocycles. The summed E-state index contributed by atoms with van der Waals surface area (Å²) in [6.07, 6.45) is 0. The van der Waals surface area contributed by atoms with E-state index in [1.807, 2.05) is 78.9 Å². The van der Waals surface area contributed by atoms with E-state index in [9.17, 15) is 5.48 Å². The van der Waals surface area contributed by atoms with Crippen LogP contribution in [0.15, 0.2) is 174 Å². The Balaban J connectivity index is 1.27. The molecule has 0 N–H and O–H groups in total. The highest BCUT2D eigenvalue weighted by molar-refractivity contribution is 6.26. The number of fused-ring (bicyclic) bond motifs is 9. The minimum atomic E-state index is -0.439. The van der Waals surface area contributed by atoms with Gasteiger partial charge in [0.05, 0.1) is 11.0 Å². The van der Waals surface area contributed by atoms with E-state index in [4.69, 9.17) is 9.90 Å². The van der Waals surface area contributed by atoms with Crippen molar-refractivity contribution in [3.63, 3.8) is 0 Å². The summed E-state index contributed by atoms with van der Waals surface area (Å²) in [5, 5.41) is 4.10. The van der Waals surface area contributed by atoms with E-state index in [0.717, 1.165) is 27.3 Å². The molecular weight excluding hydrogens is 629 g/mol. The molecule has 0 atom stereocenters. The molecule has 1 aromatic heterocycles. The average molecular weight is 671 g/mol. The zero-order valence-corrected chi connectivity index (χ0v) is 28.5. The Labute approximate surface area is 313 Å². The van der Waals surface area contributed by atoms with Crippen LogP contribution < -0.4 is 0 Å². The van der Waals surface area contributed by atoms with Crippen LogP contribution in [-0.2, 0) is 5.41 Å². The first-order valence-electron chi connectivity index (χ1n) is 21.5. The van der Waals surface area contributed by atoms with E-state index in [0.29, 0.717) is 38.8 Å². The van der Waals surface area contributed by atoms with Crippen molar-refractivity contribution in [3.05, 3.63) is 181 Å². The van der Waals surface area contributed by atoms with Crippen molar-refractivity contribution in [2.24, 2.45) is 0 Å². The molecule has 0 saturated heterocycles. The fourth-order valence-corrected chi connectivity index (χ4v) is 8.64. The van der Waals surface area contributed by atoms with Gasteiger partial charge >= 0.3 is 0 Å². The number of benzene rings is 9. The first-order valence-corrected chi connectivity index (χ1v) is 17.5. The number of hydrogen-bond acceptors (Lipinski definition) is 1. The standard InChI is InChI=1S/C51H34O/c1-51(2)44-23-10-9-17-36(44)37-26-25-34(29-45(37)51)31-15-11-16-35(27-31)48-38-18-5-7-20-40(38)49(41-21-8-6-19-39(41)48)42-22-12-24-46-50(42)43-28-32-13-3-4-14-33(32)30-47(43)52-46/h3-30H,1-2H3/i5D,6D,7D,8D,18D,19D,20D,21D. The Kier molecular flexibility index (Phi) is 4.64. The van der Waals surface area contributed by atoms with Crippen molar-refractivity contribution in [2.75, 3.05) is 0 Å². The summed E-state index contributed by atoms with van der Waals surface area (Å²) in [7, 11) is 0. The largest absolute Gasteiger partial charge is 0.456 e. The molecule has 1 aliphatic carbocycles. The topological polar surface area (TPSA) is 13.1 Å². The molecule has 1 aliphatic rings. The minimum absolute atomic E-state index is 0.165. The molecule has 11 rings (SSSR count). The maximum atomic E-state index is 9.55. The second kappa shape index (κ2) is 10.8. The predicted octanol–water partition coefficient (Wildman–Crippen LogP) is 14.4. The lowest BCUT2D eigenvalue weighted by atomic mass is 9.81. The average Bonchev–Trinajstić information content (AvgIpc) is 3.74. The maximum Gasteiger partial charge on any atom is 0.136 e. The SMILES string of the molecule is [2H]c1c([2H])c([2H])c2c(-c3cccc4oc5cc6ccccc6cc5c34)c3c([2H])c([2H])c([2H])c([2H])c3c(-c3cccc(-c4ccc5c(c4)C(C)(C)c4ccccc4-5)c3)c2c1[2H]. The molecule has 0 radical (unpaired) electrons. The van der Waals surface area contributed by atoms with Crippen molar-refractivity contribution in [2.45, 2.75) is 19.3 Å². The summed E-state index contributed by atoms with van der Waals surface area (Å²) in [5.74, 6) is 0. The van der Waals surface area contributed by atoms with E-state index < -0.39 is 24.2 Å². The van der Waals surface area contributed by atoms with Crippen LogP contribution in [0.5, 0.6) is 0 Å². The highest BCUT2D eigenvalue weighted by Crippen LogP contribution is 2.51. The van der Waals surface area contributed by atoms with Gasteiger partial charge in [-0.1, -0.05) is 153 Å². The number of hydrogen-bond donors (Lipinski definition) is 0. The summed E-state index contributed by atoms with van der Waals surface area (Å²) in [4.78, 5) is 0. The summed E-state index contributed by atoms with van der Waals surface area (Å²) in [5.41, 5.74) is 9.31.